The van der Waals surface area contributed by atoms with Crippen molar-refractivity contribution in [3.8, 4) is 0 Å². The number of hydrogen-bond donors (Lipinski definition) is 0. The summed E-state index contributed by atoms with van der Waals surface area (Å²) < 4.78 is 4.89. The van der Waals surface area contributed by atoms with E-state index in [4.69, 9.17) is 16.3 Å². The van der Waals surface area contributed by atoms with Crippen LogP contribution in [0, 0.1) is 0 Å². The molecule has 0 aromatic heterocycles. The van der Waals surface area contributed by atoms with Crippen LogP contribution in [0.15, 0.2) is 18.2 Å². The van der Waals surface area contributed by atoms with E-state index in [2.05, 4.69) is 6.92 Å². The molecule has 0 radical (unpaired) electrons. The number of aryl methyl sites for hydroxylation is 1. The predicted octanol–water partition coefficient (Wildman–Crippen LogP) is 3.47. The number of hydrogen-bond acceptors (Lipinski definition) is 2. The van der Waals surface area contributed by atoms with E-state index in [0.717, 1.165) is 18.4 Å². The van der Waals surface area contributed by atoms with Gasteiger partial charge in [0.1, 0.15) is 0 Å². The van der Waals surface area contributed by atoms with Crippen LogP contribution in [0.3, 0.4) is 0 Å². The van der Waals surface area contributed by atoms with E-state index in [1.807, 2.05) is 12.1 Å². The minimum absolute atomic E-state index is 0.356. The SMILES string of the molecule is CCCc1ccc(C(=O)OCC)c(Cl)c1. The molecule has 1 aromatic carbocycles. The lowest BCUT2D eigenvalue weighted by Crippen LogP contribution is -2.05. The van der Waals surface area contributed by atoms with Gasteiger partial charge in [0.05, 0.1) is 17.2 Å². The van der Waals surface area contributed by atoms with Gasteiger partial charge in [-0.05, 0) is 31.0 Å². The summed E-state index contributed by atoms with van der Waals surface area (Å²) in [5, 5.41) is 0.472. The van der Waals surface area contributed by atoms with Crippen molar-refractivity contribution in [1.82, 2.24) is 0 Å². The smallest absolute Gasteiger partial charge is 0.339 e. The van der Waals surface area contributed by atoms with Gasteiger partial charge in [-0.15, -0.1) is 0 Å². The van der Waals surface area contributed by atoms with Gasteiger partial charge in [-0.2, -0.15) is 0 Å². The lowest BCUT2D eigenvalue weighted by atomic mass is 10.1. The molecule has 0 fully saturated rings. The normalized spacial score (nSPS) is 10.1. The molecule has 0 aliphatic rings. The minimum Gasteiger partial charge on any atom is -0.462 e. The van der Waals surface area contributed by atoms with E-state index in [9.17, 15) is 4.79 Å². The number of carbonyl (C=O) groups excluding carboxylic acids is 1. The van der Waals surface area contributed by atoms with Crippen LogP contribution in [0.4, 0.5) is 0 Å². The summed E-state index contributed by atoms with van der Waals surface area (Å²) >= 11 is 5.99. The Hall–Kier alpha value is -1.02. The average molecular weight is 227 g/mol. The van der Waals surface area contributed by atoms with Crippen molar-refractivity contribution in [3.63, 3.8) is 0 Å². The highest BCUT2D eigenvalue weighted by molar-refractivity contribution is 6.33. The zero-order valence-corrected chi connectivity index (χ0v) is 9.80. The van der Waals surface area contributed by atoms with Crippen LogP contribution in [-0.2, 0) is 11.2 Å². The molecule has 3 heteroatoms. The second-order valence-corrected chi connectivity index (χ2v) is 3.69. The first-order chi connectivity index (χ1) is 7.19. The maximum absolute atomic E-state index is 11.4. The first-order valence-corrected chi connectivity index (χ1v) is 5.52. The Balaban J connectivity index is 2.87. The molecule has 82 valence electrons. The molecular weight excluding hydrogens is 212 g/mol. The predicted molar refractivity (Wildman–Crippen MR) is 61.4 cm³/mol. The molecule has 0 amide bonds. The van der Waals surface area contributed by atoms with Crippen LogP contribution in [0.1, 0.15) is 36.2 Å². The van der Waals surface area contributed by atoms with E-state index in [0.29, 0.717) is 17.2 Å². The third-order valence-electron chi connectivity index (χ3n) is 2.07. The Bertz CT molecular complexity index is 347. The number of benzene rings is 1. The number of halogens is 1. The molecule has 0 aliphatic heterocycles. The van der Waals surface area contributed by atoms with Crippen molar-refractivity contribution < 1.29 is 9.53 Å². The van der Waals surface area contributed by atoms with Crippen LogP contribution >= 0.6 is 11.6 Å². The van der Waals surface area contributed by atoms with Crippen LogP contribution in [0.5, 0.6) is 0 Å². The van der Waals surface area contributed by atoms with Crippen molar-refractivity contribution in [3.05, 3.63) is 34.3 Å². The molecule has 0 bridgehead atoms. The molecule has 0 aliphatic carbocycles. The molecule has 0 unspecified atom stereocenters. The van der Waals surface area contributed by atoms with Crippen LogP contribution < -0.4 is 0 Å². The Morgan fingerprint density at radius 3 is 2.67 bits per heavy atom. The van der Waals surface area contributed by atoms with Crippen LogP contribution in [0.2, 0.25) is 5.02 Å². The maximum Gasteiger partial charge on any atom is 0.339 e. The summed E-state index contributed by atoms with van der Waals surface area (Å²) in [4.78, 5) is 11.4. The molecule has 0 N–H and O–H groups in total. The fraction of sp³-hybridized carbons (Fsp3) is 0.417. The summed E-state index contributed by atoms with van der Waals surface area (Å²) in [6, 6.07) is 5.48. The standard InChI is InChI=1S/C12H15ClO2/c1-3-5-9-6-7-10(11(13)8-9)12(14)15-4-2/h6-8H,3-5H2,1-2H3. The highest BCUT2D eigenvalue weighted by atomic mass is 35.5. The van der Waals surface area contributed by atoms with Crippen LogP contribution in [-0.4, -0.2) is 12.6 Å². The number of carbonyl (C=O) groups is 1. The molecular formula is C12H15ClO2. The van der Waals surface area contributed by atoms with Crippen molar-refractivity contribution in [2.45, 2.75) is 26.7 Å². The van der Waals surface area contributed by atoms with Gasteiger partial charge in [0.15, 0.2) is 0 Å². The Morgan fingerprint density at radius 1 is 1.40 bits per heavy atom. The van der Waals surface area contributed by atoms with Crippen molar-refractivity contribution in [2.75, 3.05) is 6.61 Å². The molecule has 1 rings (SSSR count). The second kappa shape index (κ2) is 5.76. The lowest BCUT2D eigenvalue weighted by molar-refractivity contribution is 0.0526. The van der Waals surface area contributed by atoms with Crippen molar-refractivity contribution >= 4 is 17.6 Å². The Morgan fingerprint density at radius 2 is 2.13 bits per heavy atom. The van der Waals surface area contributed by atoms with Gasteiger partial charge < -0.3 is 4.74 Å². The third kappa shape index (κ3) is 3.24. The number of esters is 1. The topological polar surface area (TPSA) is 26.3 Å². The molecule has 0 saturated heterocycles. The van der Waals surface area contributed by atoms with Gasteiger partial charge in [0, 0.05) is 0 Å². The van der Waals surface area contributed by atoms with Gasteiger partial charge in [0.25, 0.3) is 0 Å². The molecule has 0 heterocycles. The molecule has 15 heavy (non-hydrogen) atoms. The van der Waals surface area contributed by atoms with E-state index in [1.54, 1.807) is 13.0 Å². The quantitative estimate of drug-likeness (QED) is 0.735. The second-order valence-electron chi connectivity index (χ2n) is 3.28. The van der Waals surface area contributed by atoms with Gasteiger partial charge in [-0.3, -0.25) is 0 Å². The van der Waals surface area contributed by atoms with Gasteiger partial charge in [0.2, 0.25) is 0 Å². The molecule has 0 saturated carbocycles. The number of rotatable bonds is 4. The van der Waals surface area contributed by atoms with E-state index in [-0.39, 0.29) is 5.97 Å². The van der Waals surface area contributed by atoms with E-state index >= 15 is 0 Å². The van der Waals surface area contributed by atoms with Crippen molar-refractivity contribution in [1.29, 1.82) is 0 Å². The highest BCUT2D eigenvalue weighted by Crippen LogP contribution is 2.19. The summed E-state index contributed by atoms with van der Waals surface area (Å²) in [6.45, 7) is 4.25. The van der Waals surface area contributed by atoms with Gasteiger partial charge >= 0.3 is 5.97 Å². The van der Waals surface area contributed by atoms with Gasteiger partial charge in [-0.1, -0.05) is 31.0 Å². The maximum atomic E-state index is 11.4. The summed E-state index contributed by atoms with van der Waals surface area (Å²) in [5.74, 6) is -0.356. The zero-order valence-electron chi connectivity index (χ0n) is 9.05. The minimum atomic E-state index is -0.356. The fourth-order valence-corrected chi connectivity index (χ4v) is 1.66. The monoisotopic (exact) mass is 226 g/mol. The Kier molecular flexibility index (Phi) is 4.63. The van der Waals surface area contributed by atoms with Crippen LogP contribution in [0.25, 0.3) is 0 Å². The molecule has 2 nitrogen and oxygen atoms in total. The largest absolute Gasteiger partial charge is 0.462 e. The van der Waals surface area contributed by atoms with Gasteiger partial charge in [-0.25, -0.2) is 4.79 Å². The van der Waals surface area contributed by atoms with Crippen molar-refractivity contribution in [2.24, 2.45) is 0 Å². The summed E-state index contributed by atoms with van der Waals surface area (Å²) in [7, 11) is 0. The summed E-state index contributed by atoms with van der Waals surface area (Å²) in [5.41, 5.74) is 1.59. The highest BCUT2D eigenvalue weighted by Gasteiger charge is 2.11. The number of ether oxygens (including phenoxy) is 1. The molecule has 0 spiro atoms. The molecule has 1 aromatic rings. The Labute approximate surface area is 95.2 Å². The van der Waals surface area contributed by atoms with E-state index < -0.39 is 0 Å². The first kappa shape index (κ1) is 12.1. The molecule has 0 atom stereocenters. The summed E-state index contributed by atoms with van der Waals surface area (Å²) in [6.07, 6.45) is 2.04. The third-order valence-corrected chi connectivity index (χ3v) is 2.38. The fourth-order valence-electron chi connectivity index (χ4n) is 1.38. The van der Waals surface area contributed by atoms with E-state index in [1.165, 1.54) is 0 Å². The first-order valence-electron chi connectivity index (χ1n) is 5.14. The lowest BCUT2D eigenvalue weighted by Gasteiger charge is -2.05. The average Bonchev–Trinajstić information content (AvgIpc) is 2.18. The zero-order chi connectivity index (χ0) is 11.3.